The van der Waals surface area contributed by atoms with Crippen LogP contribution in [0.5, 0.6) is 0 Å². The van der Waals surface area contributed by atoms with Crippen molar-refractivity contribution in [3.8, 4) is 0 Å². The summed E-state index contributed by atoms with van der Waals surface area (Å²) in [6.07, 6.45) is 0.947. The molecule has 1 aliphatic rings. The van der Waals surface area contributed by atoms with Crippen LogP contribution in [-0.4, -0.2) is 17.9 Å². The van der Waals surface area contributed by atoms with Crippen LogP contribution in [0.2, 0.25) is 0 Å². The summed E-state index contributed by atoms with van der Waals surface area (Å²) in [6, 6.07) is 13.2. The number of benzene rings is 2. The molecule has 2 aromatic rings. The van der Waals surface area contributed by atoms with Crippen molar-refractivity contribution in [3.63, 3.8) is 0 Å². The van der Waals surface area contributed by atoms with E-state index in [1.54, 1.807) is 4.90 Å². The van der Waals surface area contributed by atoms with Crippen LogP contribution >= 0.6 is 0 Å². The molecular weight excluding hydrogens is 300 g/mol. The Bertz CT molecular complexity index is 781. The van der Waals surface area contributed by atoms with E-state index in [-0.39, 0.29) is 11.8 Å². The van der Waals surface area contributed by atoms with Gasteiger partial charge < -0.3 is 5.32 Å². The van der Waals surface area contributed by atoms with Crippen molar-refractivity contribution in [1.82, 2.24) is 0 Å². The van der Waals surface area contributed by atoms with E-state index in [9.17, 15) is 9.59 Å². The van der Waals surface area contributed by atoms with E-state index in [1.165, 1.54) is 0 Å². The second kappa shape index (κ2) is 6.48. The van der Waals surface area contributed by atoms with E-state index in [4.69, 9.17) is 0 Å². The van der Waals surface area contributed by atoms with Crippen LogP contribution in [0.3, 0.4) is 0 Å². The Morgan fingerprint density at radius 3 is 2.42 bits per heavy atom. The molecule has 1 saturated heterocycles. The van der Waals surface area contributed by atoms with E-state index >= 15 is 0 Å². The highest BCUT2D eigenvalue weighted by Crippen LogP contribution is 2.28. The lowest BCUT2D eigenvalue weighted by atomic mass is 10.1. The molecule has 1 unspecified atom stereocenters. The molecular formula is C20H22N2O2. The van der Waals surface area contributed by atoms with Gasteiger partial charge in [0.2, 0.25) is 11.8 Å². The fourth-order valence-corrected chi connectivity index (χ4v) is 3.05. The van der Waals surface area contributed by atoms with Crippen molar-refractivity contribution in [1.29, 1.82) is 0 Å². The number of carbonyl (C=O) groups is 2. The van der Waals surface area contributed by atoms with Gasteiger partial charge in [-0.2, -0.15) is 0 Å². The average Bonchev–Trinajstić information content (AvgIpc) is 2.93. The molecule has 4 heteroatoms. The number of hydrogen-bond acceptors (Lipinski definition) is 2. The van der Waals surface area contributed by atoms with E-state index in [2.05, 4.69) is 5.32 Å². The number of rotatable bonds is 3. The number of nitrogens with zero attached hydrogens (tertiary/aromatic N) is 1. The molecule has 3 rings (SSSR count). The fraction of sp³-hybridized carbons (Fsp3) is 0.300. The smallest absolute Gasteiger partial charge is 0.247 e. The lowest BCUT2D eigenvalue weighted by molar-refractivity contribution is -0.120. The number of nitrogens with one attached hydrogen (secondary N) is 1. The number of hydrogen-bond donors (Lipinski definition) is 1. The molecule has 0 bridgehead atoms. The molecule has 124 valence electrons. The molecule has 1 aliphatic heterocycles. The molecule has 1 atom stereocenters. The van der Waals surface area contributed by atoms with Gasteiger partial charge in [-0.25, -0.2) is 0 Å². The maximum absolute atomic E-state index is 12.8. The normalized spacial score (nSPS) is 17.2. The highest BCUT2D eigenvalue weighted by atomic mass is 16.2. The van der Waals surface area contributed by atoms with Crippen molar-refractivity contribution >= 4 is 23.2 Å². The van der Waals surface area contributed by atoms with Crippen LogP contribution in [0.1, 0.15) is 29.5 Å². The molecule has 4 nitrogen and oxygen atoms in total. The third kappa shape index (κ3) is 3.18. The van der Waals surface area contributed by atoms with Crippen LogP contribution in [0, 0.1) is 20.8 Å². The minimum atomic E-state index is -0.458. The van der Waals surface area contributed by atoms with Gasteiger partial charge in [-0.05, 0) is 56.5 Å². The van der Waals surface area contributed by atoms with Gasteiger partial charge in [0.1, 0.15) is 6.04 Å². The van der Waals surface area contributed by atoms with E-state index in [0.29, 0.717) is 12.8 Å². The predicted molar refractivity (Wildman–Crippen MR) is 96.2 cm³/mol. The fourth-order valence-electron chi connectivity index (χ4n) is 3.05. The topological polar surface area (TPSA) is 49.4 Å². The molecule has 0 spiro atoms. The van der Waals surface area contributed by atoms with Crippen LogP contribution in [-0.2, 0) is 9.59 Å². The first kappa shape index (κ1) is 16.2. The maximum Gasteiger partial charge on any atom is 0.247 e. The Morgan fingerprint density at radius 1 is 1.04 bits per heavy atom. The van der Waals surface area contributed by atoms with Crippen molar-refractivity contribution in [2.24, 2.45) is 0 Å². The summed E-state index contributed by atoms with van der Waals surface area (Å²) >= 11 is 0. The first-order valence-electron chi connectivity index (χ1n) is 8.22. The van der Waals surface area contributed by atoms with Gasteiger partial charge in [-0.1, -0.05) is 29.8 Å². The number of carbonyl (C=O) groups excluding carboxylic acids is 2. The molecule has 1 fully saturated rings. The van der Waals surface area contributed by atoms with Crippen LogP contribution < -0.4 is 10.2 Å². The lowest BCUT2D eigenvalue weighted by Crippen LogP contribution is -2.41. The first-order chi connectivity index (χ1) is 11.5. The molecule has 24 heavy (non-hydrogen) atoms. The summed E-state index contributed by atoms with van der Waals surface area (Å²) in [5.74, 6) is -0.130. The summed E-state index contributed by atoms with van der Waals surface area (Å²) in [7, 11) is 0. The molecule has 2 amide bonds. The quantitative estimate of drug-likeness (QED) is 0.935. The molecule has 1 N–H and O–H groups in total. The highest BCUT2D eigenvalue weighted by molar-refractivity contribution is 6.07. The Hall–Kier alpha value is -2.62. The van der Waals surface area contributed by atoms with E-state index in [0.717, 1.165) is 28.1 Å². The van der Waals surface area contributed by atoms with Gasteiger partial charge in [-0.15, -0.1) is 0 Å². The molecule has 0 aliphatic carbocycles. The Kier molecular flexibility index (Phi) is 4.38. The molecule has 0 radical (unpaired) electrons. The number of anilines is 2. The standard InChI is InChI=1S/C20H22N2O2/c1-13-5-8-16(9-6-13)22-18(10-11-19(22)23)20(24)21-17-12-14(2)4-7-15(17)3/h4-9,12,18H,10-11H2,1-3H3,(H,21,24). The first-order valence-corrected chi connectivity index (χ1v) is 8.22. The summed E-state index contributed by atoms with van der Waals surface area (Å²) in [4.78, 5) is 26.7. The summed E-state index contributed by atoms with van der Waals surface area (Å²) in [6.45, 7) is 5.96. The second-order valence-electron chi connectivity index (χ2n) is 6.46. The highest BCUT2D eigenvalue weighted by Gasteiger charge is 2.37. The SMILES string of the molecule is Cc1ccc(N2C(=O)CCC2C(=O)Nc2cc(C)ccc2C)cc1. The molecule has 1 heterocycles. The Labute approximate surface area is 142 Å². The third-order valence-corrected chi connectivity index (χ3v) is 4.48. The maximum atomic E-state index is 12.8. The van der Waals surface area contributed by atoms with Gasteiger partial charge in [0.15, 0.2) is 0 Å². The van der Waals surface area contributed by atoms with E-state index < -0.39 is 6.04 Å². The van der Waals surface area contributed by atoms with Gasteiger partial charge in [-0.3, -0.25) is 14.5 Å². The monoisotopic (exact) mass is 322 g/mol. The van der Waals surface area contributed by atoms with Crippen LogP contribution in [0.4, 0.5) is 11.4 Å². The summed E-state index contributed by atoms with van der Waals surface area (Å²) in [5, 5.41) is 2.99. The Balaban J connectivity index is 1.84. The lowest BCUT2D eigenvalue weighted by Gasteiger charge is -2.24. The van der Waals surface area contributed by atoms with Gasteiger partial charge in [0.05, 0.1) is 0 Å². The van der Waals surface area contributed by atoms with Gasteiger partial charge in [0.25, 0.3) is 0 Å². The zero-order valence-corrected chi connectivity index (χ0v) is 14.3. The molecule has 2 aromatic carbocycles. The zero-order chi connectivity index (χ0) is 17.3. The van der Waals surface area contributed by atoms with Crippen LogP contribution in [0.15, 0.2) is 42.5 Å². The van der Waals surface area contributed by atoms with Crippen LogP contribution in [0.25, 0.3) is 0 Å². The molecule has 0 aromatic heterocycles. The van der Waals surface area contributed by atoms with E-state index in [1.807, 2.05) is 63.2 Å². The van der Waals surface area contributed by atoms with Gasteiger partial charge >= 0.3 is 0 Å². The van der Waals surface area contributed by atoms with Crippen molar-refractivity contribution in [2.75, 3.05) is 10.2 Å². The molecule has 0 saturated carbocycles. The van der Waals surface area contributed by atoms with Crippen molar-refractivity contribution in [3.05, 3.63) is 59.2 Å². The number of amides is 2. The zero-order valence-electron chi connectivity index (χ0n) is 14.3. The second-order valence-corrected chi connectivity index (χ2v) is 6.46. The number of aryl methyl sites for hydroxylation is 3. The minimum Gasteiger partial charge on any atom is -0.324 e. The summed E-state index contributed by atoms with van der Waals surface area (Å²) in [5.41, 5.74) is 4.82. The predicted octanol–water partition coefficient (Wildman–Crippen LogP) is 3.75. The largest absolute Gasteiger partial charge is 0.324 e. The Morgan fingerprint density at radius 2 is 1.71 bits per heavy atom. The van der Waals surface area contributed by atoms with Crippen molar-refractivity contribution < 1.29 is 9.59 Å². The van der Waals surface area contributed by atoms with Gasteiger partial charge in [0, 0.05) is 17.8 Å². The average molecular weight is 322 g/mol. The minimum absolute atomic E-state index is 0.0000303. The van der Waals surface area contributed by atoms with Crippen molar-refractivity contribution in [2.45, 2.75) is 39.7 Å². The third-order valence-electron chi connectivity index (χ3n) is 4.48. The summed E-state index contributed by atoms with van der Waals surface area (Å²) < 4.78 is 0.